The van der Waals surface area contributed by atoms with E-state index in [4.69, 9.17) is 4.74 Å². The van der Waals surface area contributed by atoms with Gasteiger partial charge in [-0.3, -0.25) is 9.69 Å². The second-order valence-corrected chi connectivity index (χ2v) is 6.66. The predicted octanol–water partition coefficient (Wildman–Crippen LogP) is 1.74. The number of thioether (sulfide) groups is 1. The van der Waals surface area contributed by atoms with Crippen LogP contribution in [0.15, 0.2) is 29.2 Å². The summed E-state index contributed by atoms with van der Waals surface area (Å²) in [5.74, 6) is 0.362. The van der Waals surface area contributed by atoms with Crippen LogP contribution in [0.2, 0.25) is 0 Å². The molecule has 1 amide bonds. The van der Waals surface area contributed by atoms with Crippen LogP contribution in [0.4, 0.5) is 13.2 Å². The summed E-state index contributed by atoms with van der Waals surface area (Å²) in [7, 11) is 1.56. The third-order valence-electron chi connectivity index (χ3n) is 3.89. The second kappa shape index (κ2) is 9.30. The number of hydrogen-bond acceptors (Lipinski definition) is 5. The minimum Gasteiger partial charge on any atom is -0.497 e. The van der Waals surface area contributed by atoms with Crippen molar-refractivity contribution in [2.75, 3.05) is 45.6 Å². The number of carbonyl (C=O) groups excluding carboxylic acids is 1. The summed E-state index contributed by atoms with van der Waals surface area (Å²) >= 11 is 1.27. The molecule has 1 saturated heterocycles. The van der Waals surface area contributed by atoms with E-state index in [0.29, 0.717) is 31.9 Å². The Morgan fingerprint density at radius 1 is 1.32 bits per heavy atom. The molecular weight excluding hydrogens is 355 g/mol. The number of piperazine rings is 1. The fourth-order valence-electron chi connectivity index (χ4n) is 2.53. The Bertz CT molecular complexity index is 549. The van der Waals surface area contributed by atoms with Crippen molar-refractivity contribution in [3.8, 4) is 5.75 Å². The zero-order valence-electron chi connectivity index (χ0n) is 13.9. The van der Waals surface area contributed by atoms with Gasteiger partial charge < -0.3 is 15.4 Å². The van der Waals surface area contributed by atoms with Gasteiger partial charge in [0, 0.05) is 37.6 Å². The van der Waals surface area contributed by atoms with E-state index in [1.54, 1.807) is 31.4 Å². The summed E-state index contributed by atoms with van der Waals surface area (Å²) in [4.78, 5) is 14.1. The molecule has 0 saturated carbocycles. The molecule has 5 nitrogen and oxygen atoms in total. The molecular formula is C16H22F3N3O2S. The number of methoxy groups -OCH3 is 1. The molecule has 9 heteroatoms. The van der Waals surface area contributed by atoms with E-state index in [1.807, 2.05) is 0 Å². The monoisotopic (exact) mass is 377 g/mol. The topological polar surface area (TPSA) is 53.6 Å². The van der Waals surface area contributed by atoms with Gasteiger partial charge in [-0.2, -0.15) is 13.2 Å². The van der Waals surface area contributed by atoms with E-state index in [2.05, 4.69) is 10.6 Å². The highest BCUT2D eigenvalue weighted by molar-refractivity contribution is 8.00. The maximum absolute atomic E-state index is 13.2. The van der Waals surface area contributed by atoms with Crippen molar-refractivity contribution in [1.29, 1.82) is 0 Å². The summed E-state index contributed by atoms with van der Waals surface area (Å²) in [6.07, 6.45) is -4.37. The molecule has 1 aliphatic heterocycles. The highest BCUT2D eigenvalue weighted by Gasteiger charge is 2.43. The van der Waals surface area contributed by atoms with E-state index in [9.17, 15) is 18.0 Å². The summed E-state index contributed by atoms with van der Waals surface area (Å²) in [6.45, 7) is 1.26. The first kappa shape index (κ1) is 19.9. The Kier molecular flexibility index (Phi) is 7.39. The lowest BCUT2D eigenvalue weighted by atomic mass is 10.2. The van der Waals surface area contributed by atoms with E-state index in [0.717, 1.165) is 4.90 Å². The minimum absolute atomic E-state index is 0.0679. The molecule has 0 radical (unpaired) electrons. The standard InChI is InChI=1S/C16H22F3N3O2S/c1-24-12-2-4-13(5-3-12)25-11-15(23)21-10-14(16(17,18)19)22-8-6-20-7-9-22/h2-5,14,20H,6-11H2,1H3,(H,21,23). The van der Waals surface area contributed by atoms with Gasteiger partial charge in [0.05, 0.1) is 12.9 Å². The lowest BCUT2D eigenvalue weighted by Gasteiger charge is -2.35. The van der Waals surface area contributed by atoms with Crippen LogP contribution in [-0.4, -0.2) is 68.6 Å². The smallest absolute Gasteiger partial charge is 0.405 e. The van der Waals surface area contributed by atoms with Crippen LogP contribution >= 0.6 is 11.8 Å². The number of alkyl halides is 3. The summed E-state index contributed by atoms with van der Waals surface area (Å²) in [6, 6.07) is 5.49. The Morgan fingerprint density at radius 2 is 1.96 bits per heavy atom. The Labute approximate surface area is 149 Å². The van der Waals surface area contributed by atoms with Gasteiger partial charge in [0.25, 0.3) is 0 Å². The number of nitrogens with zero attached hydrogens (tertiary/aromatic N) is 1. The molecule has 0 bridgehead atoms. The number of benzene rings is 1. The number of amides is 1. The van der Waals surface area contributed by atoms with E-state index in [-0.39, 0.29) is 5.75 Å². The Hall–Kier alpha value is -1.45. The van der Waals surface area contributed by atoms with E-state index < -0.39 is 24.7 Å². The quantitative estimate of drug-likeness (QED) is 0.709. The van der Waals surface area contributed by atoms with Gasteiger partial charge in [-0.05, 0) is 24.3 Å². The van der Waals surface area contributed by atoms with Crippen LogP contribution < -0.4 is 15.4 Å². The second-order valence-electron chi connectivity index (χ2n) is 5.61. The van der Waals surface area contributed by atoms with Crippen molar-refractivity contribution in [3.05, 3.63) is 24.3 Å². The summed E-state index contributed by atoms with van der Waals surface area (Å²) < 4.78 is 44.8. The normalized spacial score (nSPS) is 17.1. The van der Waals surface area contributed by atoms with Gasteiger partial charge in [0.1, 0.15) is 11.8 Å². The predicted molar refractivity (Wildman–Crippen MR) is 91.0 cm³/mol. The van der Waals surface area contributed by atoms with Crippen LogP contribution in [0.5, 0.6) is 5.75 Å². The highest BCUT2D eigenvalue weighted by atomic mass is 32.2. The van der Waals surface area contributed by atoms with Crippen LogP contribution in [0.1, 0.15) is 0 Å². The van der Waals surface area contributed by atoms with Crippen molar-refractivity contribution in [2.45, 2.75) is 17.1 Å². The first-order chi connectivity index (χ1) is 11.9. The van der Waals surface area contributed by atoms with Gasteiger partial charge in [-0.25, -0.2) is 0 Å². The van der Waals surface area contributed by atoms with E-state index in [1.165, 1.54) is 16.7 Å². The maximum atomic E-state index is 13.2. The first-order valence-electron chi connectivity index (χ1n) is 7.95. The fourth-order valence-corrected chi connectivity index (χ4v) is 3.26. The van der Waals surface area contributed by atoms with Crippen LogP contribution in [0, 0.1) is 0 Å². The molecule has 1 aliphatic rings. The van der Waals surface area contributed by atoms with Gasteiger partial charge in [-0.1, -0.05) is 0 Å². The van der Waals surface area contributed by atoms with Gasteiger partial charge in [0.2, 0.25) is 5.91 Å². The van der Waals surface area contributed by atoms with Gasteiger partial charge in [-0.15, -0.1) is 11.8 Å². The summed E-state index contributed by atoms with van der Waals surface area (Å²) in [5.41, 5.74) is 0. The number of rotatable bonds is 7. The van der Waals surface area contributed by atoms with Crippen molar-refractivity contribution in [3.63, 3.8) is 0 Å². The molecule has 2 N–H and O–H groups in total. The number of nitrogens with one attached hydrogen (secondary N) is 2. The van der Waals surface area contributed by atoms with Gasteiger partial charge >= 0.3 is 6.18 Å². The largest absolute Gasteiger partial charge is 0.497 e. The number of halogens is 3. The molecule has 25 heavy (non-hydrogen) atoms. The average Bonchev–Trinajstić information content (AvgIpc) is 2.60. The van der Waals surface area contributed by atoms with Crippen molar-refractivity contribution in [1.82, 2.24) is 15.5 Å². The van der Waals surface area contributed by atoms with E-state index >= 15 is 0 Å². The molecule has 0 spiro atoms. The molecule has 1 aromatic rings. The number of hydrogen-bond donors (Lipinski definition) is 2. The molecule has 1 fully saturated rings. The third-order valence-corrected chi connectivity index (χ3v) is 4.90. The third kappa shape index (κ3) is 6.41. The van der Waals surface area contributed by atoms with Crippen molar-refractivity contribution in [2.24, 2.45) is 0 Å². The van der Waals surface area contributed by atoms with Gasteiger partial charge in [0.15, 0.2) is 0 Å². The summed E-state index contributed by atoms with van der Waals surface area (Å²) in [5, 5.41) is 5.44. The molecule has 2 rings (SSSR count). The molecule has 1 atom stereocenters. The maximum Gasteiger partial charge on any atom is 0.405 e. The van der Waals surface area contributed by atoms with Crippen LogP contribution in [0.25, 0.3) is 0 Å². The SMILES string of the molecule is COc1ccc(SCC(=O)NCC(N2CCNCC2)C(F)(F)F)cc1. The van der Waals surface area contributed by atoms with Crippen LogP contribution in [0.3, 0.4) is 0 Å². The lowest BCUT2D eigenvalue weighted by molar-refractivity contribution is -0.183. The Balaban J connectivity index is 1.81. The minimum atomic E-state index is -4.37. The molecule has 0 aromatic heterocycles. The zero-order valence-corrected chi connectivity index (χ0v) is 14.8. The number of ether oxygens (including phenoxy) is 1. The average molecular weight is 377 g/mol. The molecule has 1 aromatic carbocycles. The van der Waals surface area contributed by atoms with Crippen molar-refractivity contribution >= 4 is 17.7 Å². The lowest BCUT2D eigenvalue weighted by Crippen LogP contribution is -2.57. The number of carbonyl (C=O) groups is 1. The fraction of sp³-hybridized carbons (Fsp3) is 0.562. The zero-order chi connectivity index (χ0) is 18.3. The van der Waals surface area contributed by atoms with Crippen LogP contribution in [-0.2, 0) is 4.79 Å². The molecule has 1 heterocycles. The molecule has 140 valence electrons. The molecule has 1 unspecified atom stereocenters. The van der Waals surface area contributed by atoms with Crippen molar-refractivity contribution < 1.29 is 22.7 Å². The first-order valence-corrected chi connectivity index (χ1v) is 8.93. The Morgan fingerprint density at radius 3 is 2.52 bits per heavy atom. The highest BCUT2D eigenvalue weighted by Crippen LogP contribution is 2.25. The molecule has 0 aliphatic carbocycles.